The second kappa shape index (κ2) is 6.43. The summed E-state index contributed by atoms with van der Waals surface area (Å²) in [4.78, 5) is 18.0. The van der Waals surface area contributed by atoms with E-state index in [9.17, 15) is 9.18 Å². The van der Waals surface area contributed by atoms with E-state index >= 15 is 0 Å². The molecule has 0 saturated carbocycles. The largest absolute Gasteiger partial charge is 0.336 e. The number of benzene rings is 1. The van der Waals surface area contributed by atoms with Gasteiger partial charge in [-0.15, -0.1) is 11.3 Å². The number of hydrogen-bond acceptors (Lipinski definition) is 3. The van der Waals surface area contributed by atoms with Gasteiger partial charge in [0.05, 0.1) is 17.7 Å². The summed E-state index contributed by atoms with van der Waals surface area (Å²) in [7, 11) is 1.74. The monoisotopic (exact) mass is 290 g/mol. The number of aromatic nitrogens is 1. The van der Waals surface area contributed by atoms with Gasteiger partial charge in [-0.2, -0.15) is 0 Å². The van der Waals surface area contributed by atoms with Gasteiger partial charge in [0.25, 0.3) is 0 Å². The molecule has 5 heteroatoms. The number of likely N-dealkylation sites (N-methyl/N-ethyl adjacent to an activating group) is 1. The summed E-state index contributed by atoms with van der Waals surface area (Å²) in [6.07, 6.45) is 1.75. The normalized spacial score (nSPS) is 11.4. The smallest absolute Gasteiger partial charge is 0.249 e. The topological polar surface area (TPSA) is 33.2 Å². The minimum absolute atomic E-state index is 0.0673. The van der Waals surface area contributed by atoms with Crippen LogP contribution in [0.3, 0.4) is 0 Å². The van der Waals surface area contributed by atoms with E-state index in [2.05, 4.69) is 4.98 Å². The minimum Gasteiger partial charge on any atom is -0.336 e. The second-order valence-corrected chi connectivity index (χ2v) is 5.24. The molecule has 1 heterocycles. The minimum atomic E-state index is -0.285. The summed E-state index contributed by atoms with van der Waals surface area (Å²) in [5.41, 5.74) is 4.03. The highest BCUT2D eigenvalue weighted by Gasteiger charge is 2.12. The average Bonchev–Trinajstić information content (AvgIpc) is 2.93. The van der Waals surface area contributed by atoms with Crippen molar-refractivity contribution in [2.24, 2.45) is 0 Å². The molecule has 0 aliphatic carbocycles. The van der Waals surface area contributed by atoms with Gasteiger partial charge in [0, 0.05) is 18.0 Å². The highest BCUT2D eigenvalue weighted by atomic mass is 32.1. The summed E-state index contributed by atoms with van der Waals surface area (Å²) in [5, 5.41) is 1.92. The van der Waals surface area contributed by atoms with E-state index in [1.165, 1.54) is 23.5 Å². The number of hydrogen-bond donors (Lipinski definition) is 0. The van der Waals surface area contributed by atoms with E-state index < -0.39 is 0 Å². The van der Waals surface area contributed by atoms with Crippen molar-refractivity contribution in [2.45, 2.75) is 13.5 Å². The fraction of sp³-hybridized carbons (Fsp3) is 0.200. The lowest BCUT2D eigenvalue weighted by Gasteiger charge is -2.16. The standard InChI is InChI=1S/C15H15FN2OS/c1-11(7-12-3-5-13(16)6-4-12)15(19)18(2)8-14-9-20-10-17-14/h3-7,9-10H,8H2,1-2H3. The van der Waals surface area contributed by atoms with Crippen molar-refractivity contribution in [3.05, 3.63) is 57.8 Å². The van der Waals surface area contributed by atoms with Crippen molar-refractivity contribution in [3.63, 3.8) is 0 Å². The Bertz CT molecular complexity index is 605. The van der Waals surface area contributed by atoms with Crippen molar-refractivity contribution >= 4 is 23.3 Å². The van der Waals surface area contributed by atoms with Crippen LogP contribution in [0.1, 0.15) is 18.2 Å². The molecule has 0 unspecified atom stereocenters. The fourth-order valence-corrected chi connectivity index (χ4v) is 2.35. The van der Waals surface area contributed by atoms with Gasteiger partial charge in [-0.05, 0) is 30.7 Å². The molecule has 0 aliphatic rings. The zero-order valence-corrected chi connectivity index (χ0v) is 12.2. The van der Waals surface area contributed by atoms with Gasteiger partial charge in [-0.3, -0.25) is 4.79 Å². The maximum absolute atomic E-state index is 12.8. The Morgan fingerprint density at radius 1 is 1.40 bits per heavy atom. The Morgan fingerprint density at radius 3 is 2.70 bits per heavy atom. The number of carbonyl (C=O) groups excluding carboxylic acids is 1. The Hall–Kier alpha value is -2.01. The van der Waals surface area contributed by atoms with Crippen LogP contribution in [0.2, 0.25) is 0 Å². The van der Waals surface area contributed by atoms with Crippen LogP contribution < -0.4 is 0 Å². The Labute approximate surface area is 121 Å². The van der Waals surface area contributed by atoms with Crippen LogP contribution in [0.5, 0.6) is 0 Å². The van der Waals surface area contributed by atoms with Gasteiger partial charge in [0.15, 0.2) is 0 Å². The molecule has 20 heavy (non-hydrogen) atoms. The zero-order chi connectivity index (χ0) is 14.5. The van der Waals surface area contributed by atoms with Gasteiger partial charge >= 0.3 is 0 Å². The van der Waals surface area contributed by atoms with Crippen molar-refractivity contribution in [1.82, 2.24) is 9.88 Å². The third kappa shape index (κ3) is 3.74. The molecule has 104 valence electrons. The van der Waals surface area contributed by atoms with Gasteiger partial charge in [0.2, 0.25) is 5.91 Å². The lowest BCUT2D eigenvalue weighted by Crippen LogP contribution is -2.26. The first-order valence-electron chi connectivity index (χ1n) is 6.12. The predicted octanol–water partition coefficient (Wildman–Crippen LogP) is 3.34. The zero-order valence-electron chi connectivity index (χ0n) is 11.3. The first-order chi connectivity index (χ1) is 9.56. The molecule has 1 aromatic carbocycles. The van der Waals surface area contributed by atoms with Crippen molar-refractivity contribution in [1.29, 1.82) is 0 Å². The molecule has 0 saturated heterocycles. The molecule has 0 bridgehead atoms. The molecule has 3 nitrogen and oxygen atoms in total. The van der Waals surface area contributed by atoms with Crippen LogP contribution in [0.4, 0.5) is 4.39 Å². The van der Waals surface area contributed by atoms with E-state index in [1.807, 2.05) is 5.38 Å². The predicted molar refractivity (Wildman–Crippen MR) is 78.6 cm³/mol. The van der Waals surface area contributed by atoms with Crippen molar-refractivity contribution < 1.29 is 9.18 Å². The maximum Gasteiger partial charge on any atom is 0.249 e. The molecule has 0 fully saturated rings. The number of nitrogens with zero attached hydrogens (tertiary/aromatic N) is 2. The SMILES string of the molecule is CC(=Cc1ccc(F)cc1)C(=O)N(C)Cc1cscn1. The summed E-state index contributed by atoms with van der Waals surface area (Å²) in [6.45, 7) is 2.24. The highest BCUT2D eigenvalue weighted by molar-refractivity contribution is 7.07. The molecule has 0 N–H and O–H groups in total. The lowest BCUT2D eigenvalue weighted by atomic mass is 10.1. The Balaban J connectivity index is 2.05. The molecule has 1 amide bonds. The lowest BCUT2D eigenvalue weighted by molar-refractivity contribution is -0.126. The van der Waals surface area contributed by atoms with Crippen LogP contribution >= 0.6 is 11.3 Å². The third-order valence-electron chi connectivity index (χ3n) is 2.82. The number of halogens is 1. The molecule has 0 atom stereocenters. The molecular weight excluding hydrogens is 275 g/mol. The number of rotatable bonds is 4. The molecule has 2 aromatic rings. The molecule has 0 radical (unpaired) electrons. The van der Waals surface area contributed by atoms with E-state index in [4.69, 9.17) is 0 Å². The first-order valence-corrected chi connectivity index (χ1v) is 7.07. The molecule has 1 aromatic heterocycles. The van der Waals surface area contributed by atoms with Crippen LogP contribution in [0.15, 0.2) is 40.7 Å². The van der Waals surface area contributed by atoms with Gasteiger partial charge in [0.1, 0.15) is 5.82 Å². The van der Waals surface area contributed by atoms with Crippen LogP contribution in [0.25, 0.3) is 6.08 Å². The van der Waals surface area contributed by atoms with Crippen LogP contribution in [0, 0.1) is 5.82 Å². The van der Waals surface area contributed by atoms with E-state index in [1.54, 1.807) is 42.6 Å². The third-order valence-corrected chi connectivity index (χ3v) is 3.46. The molecular formula is C15H15FN2OS. The molecule has 0 spiro atoms. The number of carbonyl (C=O) groups is 1. The summed E-state index contributed by atoms with van der Waals surface area (Å²) < 4.78 is 12.8. The van der Waals surface area contributed by atoms with Crippen LogP contribution in [-0.4, -0.2) is 22.8 Å². The van der Waals surface area contributed by atoms with E-state index in [0.29, 0.717) is 12.1 Å². The van der Waals surface area contributed by atoms with Crippen LogP contribution in [-0.2, 0) is 11.3 Å². The van der Waals surface area contributed by atoms with Gasteiger partial charge in [-0.25, -0.2) is 9.37 Å². The average molecular weight is 290 g/mol. The highest BCUT2D eigenvalue weighted by Crippen LogP contribution is 2.11. The Kier molecular flexibility index (Phi) is 4.63. The first kappa shape index (κ1) is 14.4. The van der Waals surface area contributed by atoms with Gasteiger partial charge in [-0.1, -0.05) is 12.1 Å². The quantitative estimate of drug-likeness (QED) is 0.809. The van der Waals surface area contributed by atoms with Gasteiger partial charge < -0.3 is 4.90 Å². The van der Waals surface area contributed by atoms with E-state index in [0.717, 1.165) is 11.3 Å². The van der Waals surface area contributed by atoms with Crippen molar-refractivity contribution in [3.8, 4) is 0 Å². The molecule has 0 aliphatic heterocycles. The van der Waals surface area contributed by atoms with Crippen molar-refractivity contribution in [2.75, 3.05) is 7.05 Å². The summed E-state index contributed by atoms with van der Waals surface area (Å²) >= 11 is 1.51. The molecule has 2 rings (SSSR count). The Morgan fingerprint density at radius 2 is 2.10 bits per heavy atom. The number of amides is 1. The summed E-state index contributed by atoms with van der Waals surface area (Å²) in [6, 6.07) is 6.05. The summed E-state index contributed by atoms with van der Waals surface area (Å²) in [5.74, 6) is -0.353. The van der Waals surface area contributed by atoms with E-state index in [-0.39, 0.29) is 11.7 Å². The fourth-order valence-electron chi connectivity index (χ4n) is 1.80. The maximum atomic E-state index is 12.8. The number of thiazole rings is 1. The second-order valence-electron chi connectivity index (χ2n) is 4.52.